The Bertz CT molecular complexity index is 1840. The fraction of sp³-hybridized carbons (Fsp3) is 0.721. The van der Waals surface area contributed by atoms with Crippen LogP contribution in [0.15, 0.2) is 97.2 Å². The van der Waals surface area contributed by atoms with E-state index in [9.17, 15) is 61.0 Å². The van der Waals surface area contributed by atoms with Gasteiger partial charge >= 0.3 is 0 Å². The second kappa shape index (κ2) is 43.4. The lowest BCUT2D eigenvalue weighted by molar-refractivity contribution is -0.379. The largest absolute Gasteiger partial charge is 0.394 e. The topological polar surface area (TPSA) is 307 Å². The second-order valence-electron chi connectivity index (χ2n) is 20.7. The molecule has 12 N–H and O–H groups in total. The molecule has 0 aromatic rings. The van der Waals surface area contributed by atoms with E-state index in [-0.39, 0.29) is 18.9 Å². The number of carbonyl (C=O) groups excluding carboxylic acids is 1. The highest BCUT2D eigenvalue weighted by Crippen LogP contribution is 2.33. The summed E-state index contributed by atoms with van der Waals surface area (Å²) in [6.45, 7) is 1.50. The van der Waals surface area contributed by atoms with Crippen molar-refractivity contribution in [2.75, 3.05) is 26.4 Å². The molecule has 0 aliphatic carbocycles. The highest BCUT2D eigenvalue weighted by molar-refractivity contribution is 5.76. The smallest absolute Gasteiger partial charge is 0.220 e. The van der Waals surface area contributed by atoms with E-state index in [2.05, 4.69) is 104 Å². The maximum Gasteiger partial charge on any atom is 0.220 e. The van der Waals surface area contributed by atoms with Gasteiger partial charge in [-0.05, 0) is 89.9 Å². The first-order valence-electron chi connectivity index (χ1n) is 29.5. The quantitative estimate of drug-likeness (QED) is 0.0284. The van der Waals surface area contributed by atoms with Crippen LogP contribution in [0.5, 0.6) is 0 Å². The van der Waals surface area contributed by atoms with Gasteiger partial charge in [0.15, 0.2) is 18.9 Å². The molecular formula is C61H101NO18. The molecule has 80 heavy (non-hydrogen) atoms. The van der Waals surface area contributed by atoms with Crippen molar-refractivity contribution in [2.24, 2.45) is 0 Å². The summed E-state index contributed by atoms with van der Waals surface area (Å²) in [5.74, 6) is -0.315. The zero-order chi connectivity index (χ0) is 58.3. The third-order valence-electron chi connectivity index (χ3n) is 14.1. The normalized spacial score (nSPS) is 30.7. The summed E-state index contributed by atoms with van der Waals surface area (Å²) in [5, 5.41) is 120. The van der Waals surface area contributed by atoms with Crippen molar-refractivity contribution in [3.05, 3.63) is 97.2 Å². The van der Waals surface area contributed by atoms with E-state index in [1.165, 1.54) is 25.7 Å². The first-order valence-corrected chi connectivity index (χ1v) is 29.5. The van der Waals surface area contributed by atoms with Crippen LogP contribution in [0, 0.1) is 0 Å². The number of aliphatic hydroxyl groups is 11. The molecule has 1 amide bonds. The lowest BCUT2D eigenvalue weighted by Gasteiger charge is -2.48. The zero-order valence-electron chi connectivity index (χ0n) is 47.5. The Kier molecular flexibility index (Phi) is 38.5. The van der Waals surface area contributed by atoms with Gasteiger partial charge in [0.25, 0.3) is 0 Å². The van der Waals surface area contributed by atoms with Crippen molar-refractivity contribution in [2.45, 2.75) is 253 Å². The van der Waals surface area contributed by atoms with Crippen LogP contribution in [0.1, 0.15) is 149 Å². The number of allylic oxidation sites excluding steroid dienone is 15. The molecule has 3 aliphatic rings. The maximum atomic E-state index is 13.3. The first kappa shape index (κ1) is 71.0. The Hall–Kier alpha value is -3.29. The first-order chi connectivity index (χ1) is 38.8. The third-order valence-corrected chi connectivity index (χ3v) is 14.1. The summed E-state index contributed by atoms with van der Waals surface area (Å²) in [7, 11) is 0. The maximum absolute atomic E-state index is 13.3. The molecule has 0 aromatic heterocycles. The molecule has 0 aromatic carbocycles. The highest BCUT2D eigenvalue weighted by atomic mass is 16.8. The van der Waals surface area contributed by atoms with Crippen molar-refractivity contribution < 1.29 is 89.4 Å². The van der Waals surface area contributed by atoms with Crippen molar-refractivity contribution in [1.29, 1.82) is 0 Å². The molecule has 0 spiro atoms. The van der Waals surface area contributed by atoms with Gasteiger partial charge in [-0.15, -0.1) is 0 Å². The van der Waals surface area contributed by atoms with E-state index in [0.717, 1.165) is 89.9 Å². The number of carbonyl (C=O) groups is 1. The molecule has 0 bridgehead atoms. The minimum atomic E-state index is -1.99. The standard InChI is InChI=1S/C61H101NO18/c1-3-5-7-9-11-13-15-17-19-20-21-22-23-24-25-27-29-31-33-35-37-39-49(67)62-44(45(66)38-36-34-32-30-28-26-18-16-14-12-10-8-6-4-2)43-75-59-55(73)52(70)57(47(41-64)77-59)80-61-56(74)53(71)58(48(42-65)78-61)79-60-54(72)51(69)50(68)46(40-63)76-60/h5,7,11,13-14,16-17,19,21-22,24-25,28,30,36,38,44-48,50-61,63-66,68-74H,3-4,6,8-10,12,15,18,20,23,26-27,29,31-35,37,39-43H2,1-2H3,(H,62,67)/b7-5-,13-11-,16-14+,19-17-,22-21-,25-24-,30-28+,38-36+. The summed E-state index contributed by atoms with van der Waals surface area (Å²) in [5.41, 5.74) is 0. The summed E-state index contributed by atoms with van der Waals surface area (Å²) >= 11 is 0. The Morgan fingerprint density at radius 1 is 0.463 bits per heavy atom. The third kappa shape index (κ3) is 27.0. The van der Waals surface area contributed by atoms with Crippen LogP contribution in [-0.4, -0.2) is 193 Å². The minimum absolute atomic E-state index is 0.203. The van der Waals surface area contributed by atoms with E-state index >= 15 is 0 Å². The molecule has 3 saturated heterocycles. The molecule has 3 heterocycles. The number of hydrogen-bond donors (Lipinski definition) is 12. The molecule has 17 atom stereocenters. The average molecular weight is 1140 g/mol. The van der Waals surface area contributed by atoms with Gasteiger partial charge in [0, 0.05) is 6.42 Å². The Labute approximate surface area is 475 Å². The van der Waals surface area contributed by atoms with E-state index < -0.39 is 124 Å². The Morgan fingerprint density at radius 2 is 0.875 bits per heavy atom. The second-order valence-corrected chi connectivity index (χ2v) is 20.7. The van der Waals surface area contributed by atoms with Crippen molar-refractivity contribution in [1.82, 2.24) is 5.32 Å². The fourth-order valence-electron chi connectivity index (χ4n) is 9.25. The van der Waals surface area contributed by atoms with Gasteiger partial charge in [0.05, 0.1) is 38.6 Å². The van der Waals surface area contributed by atoms with Crippen LogP contribution in [-0.2, 0) is 33.2 Å². The number of aliphatic hydroxyl groups excluding tert-OH is 11. The van der Waals surface area contributed by atoms with Crippen LogP contribution in [0.25, 0.3) is 0 Å². The summed E-state index contributed by atoms with van der Waals surface area (Å²) in [6, 6.07) is -1.01. The molecular weight excluding hydrogens is 1030 g/mol. The van der Waals surface area contributed by atoms with Crippen molar-refractivity contribution in [3.63, 3.8) is 0 Å². The van der Waals surface area contributed by atoms with Crippen LogP contribution >= 0.6 is 0 Å². The van der Waals surface area contributed by atoms with E-state index in [1.54, 1.807) is 6.08 Å². The number of nitrogens with one attached hydrogen (secondary N) is 1. The van der Waals surface area contributed by atoms with Crippen LogP contribution in [0.2, 0.25) is 0 Å². The van der Waals surface area contributed by atoms with Gasteiger partial charge in [-0.1, -0.05) is 150 Å². The zero-order valence-corrected chi connectivity index (χ0v) is 47.5. The van der Waals surface area contributed by atoms with Gasteiger partial charge in [-0.25, -0.2) is 0 Å². The average Bonchev–Trinajstić information content (AvgIpc) is 3.45. The summed E-state index contributed by atoms with van der Waals surface area (Å²) in [4.78, 5) is 13.3. The van der Waals surface area contributed by atoms with Gasteiger partial charge in [-0.3, -0.25) is 4.79 Å². The molecule has 3 rings (SSSR count). The van der Waals surface area contributed by atoms with Gasteiger partial charge < -0.3 is 89.9 Å². The van der Waals surface area contributed by atoms with Gasteiger partial charge in [0.1, 0.15) is 73.2 Å². The molecule has 17 unspecified atom stereocenters. The Morgan fingerprint density at radius 3 is 1.40 bits per heavy atom. The van der Waals surface area contributed by atoms with Crippen LogP contribution < -0.4 is 5.32 Å². The summed E-state index contributed by atoms with van der Waals surface area (Å²) in [6.07, 6.45) is 26.7. The SMILES string of the molecule is CC/C=C\C/C=C\C/C=C\C/C=C\C/C=C\CCCCCCCC(=O)NC(COC1OC(CO)C(OC2OC(CO)C(OC3OC(CO)C(O)C(O)C3O)C(O)C2O)C(O)C1O)C(O)/C=C/CC/C=C/CC/C=C/CCCCCC. The number of ether oxygens (including phenoxy) is 6. The minimum Gasteiger partial charge on any atom is -0.394 e. The number of unbranched alkanes of at least 4 members (excludes halogenated alkanes) is 11. The molecule has 458 valence electrons. The van der Waals surface area contributed by atoms with Crippen LogP contribution in [0.3, 0.4) is 0 Å². The molecule has 19 nitrogen and oxygen atoms in total. The number of hydrogen-bond acceptors (Lipinski definition) is 18. The predicted molar refractivity (Wildman–Crippen MR) is 304 cm³/mol. The predicted octanol–water partition coefficient (Wildman–Crippen LogP) is 4.98. The molecule has 3 aliphatic heterocycles. The van der Waals surface area contributed by atoms with E-state index in [1.807, 2.05) is 6.08 Å². The van der Waals surface area contributed by atoms with E-state index in [0.29, 0.717) is 12.8 Å². The Balaban J connectivity index is 1.52. The number of rotatable bonds is 41. The van der Waals surface area contributed by atoms with E-state index in [4.69, 9.17) is 28.4 Å². The molecule has 3 fully saturated rings. The number of amides is 1. The van der Waals surface area contributed by atoms with Gasteiger partial charge in [0.2, 0.25) is 5.91 Å². The monoisotopic (exact) mass is 1140 g/mol. The lowest BCUT2D eigenvalue weighted by Crippen LogP contribution is -2.66. The van der Waals surface area contributed by atoms with Crippen LogP contribution in [0.4, 0.5) is 0 Å². The van der Waals surface area contributed by atoms with Crippen molar-refractivity contribution in [3.8, 4) is 0 Å². The lowest BCUT2D eigenvalue weighted by atomic mass is 9.96. The highest BCUT2D eigenvalue weighted by Gasteiger charge is 2.53. The fourth-order valence-corrected chi connectivity index (χ4v) is 9.25. The molecule has 0 saturated carbocycles. The van der Waals surface area contributed by atoms with Crippen molar-refractivity contribution >= 4 is 5.91 Å². The molecule has 19 heteroatoms. The molecule has 0 radical (unpaired) electrons. The van der Waals surface area contributed by atoms with Gasteiger partial charge in [-0.2, -0.15) is 0 Å². The summed E-state index contributed by atoms with van der Waals surface area (Å²) < 4.78 is 34.2.